The van der Waals surface area contributed by atoms with E-state index in [0.29, 0.717) is 43.2 Å². The average Bonchev–Trinajstić information content (AvgIpc) is 3.33. The zero-order chi connectivity index (χ0) is 24.9. The number of hydrogen-bond acceptors (Lipinski definition) is 4. The minimum absolute atomic E-state index is 0.00244. The summed E-state index contributed by atoms with van der Waals surface area (Å²) in [6, 6.07) is 25.3. The Morgan fingerprint density at radius 2 is 1.83 bits per heavy atom. The molecule has 4 aromatic rings. The molecule has 0 radical (unpaired) electrons. The Hall–Kier alpha value is -3.92. The van der Waals surface area contributed by atoms with Gasteiger partial charge in [-0.2, -0.15) is 5.26 Å². The topological polar surface area (TPSA) is 74.0 Å². The molecule has 0 unspecified atom stereocenters. The molecular weight excluding hydrogens is 470 g/mol. The lowest BCUT2D eigenvalue weighted by Gasteiger charge is -2.36. The van der Waals surface area contributed by atoms with Crippen LogP contribution in [-0.2, 0) is 37.4 Å². The maximum atomic E-state index is 13.4. The summed E-state index contributed by atoms with van der Waals surface area (Å²) in [5.41, 5.74) is 6.19. The molecule has 1 N–H and O–H groups in total. The van der Waals surface area contributed by atoms with Gasteiger partial charge >= 0.3 is 0 Å². The number of fused-ring (bicyclic) bond motifs is 1. The molecule has 1 amide bonds. The highest BCUT2D eigenvalue weighted by Crippen LogP contribution is 2.25. The van der Waals surface area contributed by atoms with Crippen molar-refractivity contribution in [3.05, 3.63) is 124 Å². The van der Waals surface area contributed by atoms with Gasteiger partial charge in [-0.25, -0.2) is 4.98 Å². The molecule has 0 bridgehead atoms. The van der Waals surface area contributed by atoms with Crippen molar-refractivity contribution in [2.75, 3.05) is 0 Å². The molecule has 0 fully saturated rings. The van der Waals surface area contributed by atoms with E-state index in [1.165, 1.54) is 11.1 Å². The zero-order valence-electron chi connectivity index (χ0n) is 19.8. The van der Waals surface area contributed by atoms with Gasteiger partial charge in [0, 0.05) is 37.4 Å². The third kappa shape index (κ3) is 5.49. The molecule has 1 aliphatic heterocycles. The van der Waals surface area contributed by atoms with Gasteiger partial charge in [0.15, 0.2) is 0 Å². The monoisotopic (exact) mass is 495 g/mol. The van der Waals surface area contributed by atoms with Gasteiger partial charge in [0.05, 0.1) is 29.7 Å². The maximum absolute atomic E-state index is 13.4. The van der Waals surface area contributed by atoms with Crippen molar-refractivity contribution in [3.63, 3.8) is 0 Å². The average molecular weight is 496 g/mol. The van der Waals surface area contributed by atoms with Crippen LogP contribution in [0.3, 0.4) is 0 Å². The van der Waals surface area contributed by atoms with Crippen molar-refractivity contribution in [2.24, 2.45) is 0 Å². The molecule has 5 rings (SSSR count). The predicted molar refractivity (Wildman–Crippen MR) is 139 cm³/mol. The molecule has 7 heteroatoms. The smallest absolute Gasteiger partial charge is 0.237 e. The van der Waals surface area contributed by atoms with Crippen LogP contribution < -0.4 is 5.32 Å². The number of benzene rings is 3. The Balaban J connectivity index is 1.34. The maximum Gasteiger partial charge on any atom is 0.237 e. The van der Waals surface area contributed by atoms with Crippen LogP contribution in [0.1, 0.15) is 33.5 Å². The molecular formula is C29H26ClN5O. The van der Waals surface area contributed by atoms with Crippen molar-refractivity contribution >= 4 is 17.5 Å². The lowest BCUT2D eigenvalue weighted by atomic mass is 9.93. The summed E-state index contributed by atoms with van der Waals surface area (Å²) in [7, 11) is 0. The van der Waals surface area contributed by atoms with Crippen molar-refractivity contribution in [2.45, 2.75) is 38.6 Å². The number of nitrogens with zero attached hydrogens (tertiary/aromatic N) is 4. The summed E-state index contributed by atoms with van der Waals surface area (Å²) < 4.78 is 2.10. The Morgan fingerprint density at radius 3 is 2.61 bits per heavy atom. The van der Waals surface area contributed by atoms with E-state index in [1.54, 1.807) is 0 Å². The lowest BCUT2D eigenvalue weighted by molar-refractivity contribution is -0.127. The van der Waals surface area contributed by atoms with Gasteiger partial charge in [-0.15, -0.1) is 0 Å². The fraction of sp³-hybridized carbons (Fsp3) is 0.207. The molecule has 1 aliphatic rings. The third-order valence-electron chi connectivity index (χ3n) is 6.60. The largest absolute Gasteiger partial charge is 0.351 e. The van der Waals surface area contributed by atoms with Crippen LogP contribution in [0.4, 0.5) is 0 Å². The van der Waals surface area contributed by atoms with E-state index >= 15 is 0 Å². The number of carbonyl (C=O) groups is 1. The van der Waals surface area contributed by atoms with Crippen LogP contribution in [0.15, 0.2) is 85.3 Å². The summed E-state index contributed by atoms with van der Waals surface area (Å²) in [6.45, 7) is 2.37. The molecule has 0 aliphatic carbocycles. The van der Waals surface area contributed by atoms with Crippen LogP contribution >= 0.6 is 11.6 Å². The molecule has 1 aromatic heterocycles. The van der Waals surface area contributed by atoms with Gasteiger partial charge in [-0.1, -0.05) is 60.1 Å². The molecule has 180 valence electrons. The van der Waals surface area contributed by atoms with Gasteiger partial charge in [-0.05, 0) is 52.9 Å². The highest BCUT2D eigenvalue weighted by atomic mass is 35.5. The molecule has 0 saturated carbocycles. The van der Waals surface area contributed by atoms with Crippen LogP contribution in [0.5, 0.6) is 0 Å². The molecule has 6 nitrogen and oxygen atoms in total. The number of nitrogens with one attached hydrogen (secondary N) is 1. The van der Waals surface area contributed by atoms with E-state index in [0.717, 1.165) is 16.8 Å². The van der Waals surface area contributed by atoms with Gasteiger partial charge in [0.25, 0.3) is 0 Å². The first kappa shape index (κ1) is 23.8. The number of imidazole rings is 1. The second-order valence-corrected chi connectivity index (χ2v) is 9.50. The number of aromatic nitrogens is 2. The quantitative estimate of drug-likeness (QED) is 0.403. The predicted octanol–water partition coefficient (Wildman–Crippen LogP) is 4.70. The van der Waals surface area contributed by atoms with Crippen molar-refractivity contribution in [3.8, 4) is 6.07 Å². The number of amides is 1. The van der Waals surface area contributed by atoms with Crippen LogP contribution in [0.25, 0.3) is 0 Å². The standard InChI is InChI=1S/C29H26ClN5O/c30-26-7-3-4-23(12-26)15-33-29(36)28-13-24-5-1-2-6-25(24)18-34(28)19-27-16-32-20-35(27)17-22-10-8-21(14-31)9-11-22/h1-12,16,20,28H,13,15,17-19H2,(H,33,36)/t28-/m0/s1. The van der Waals surface area contributed by atoms with Crippen LogP contribution in [0.2, 0.25) is 5.02 Å². The zero-order valence-corrected chi connectivity index (χ0v) is 20.5. The highest BCUT2D eigenvalue weighted by Gasteiger charge is 2.32. The minimum atomic E-state index is -0.294. The molecule has 3 aromatic carbocycles. The second kappa shape index (κ2) is 10.8. The molecule has 1 atom stereocenters. The molecule has 2 heterocycles. The molecule has 0 saturated heterocycles. The first-order chi connectivity index (χ1) is 17.6. The van der Waals surface area contributed by atoms with E-state index in [-0.39, 0.29) is 11.9 Å². The van der Waals surface area contributed by atoms with E-state index in [9.17, 15) is 4.79 Å². The number of carbonyl (C=O) groups excluding carboxylic acids is 1. The van der Waals surface area contributed by atoms with Gasteiger partial charge < -0.3 is 9.88 Å². The number of rotatable bonds is 7. The Labute approximate surface area is 215 Å². The summed E-state index contributed by atoms with van der Waals surface area (Å²) in [6.07, 6.45) is 4.34. The number of nitriles is 1. The van der Waals surface area contributed by atoms with E-state index < -0.39 is 0 Å². The SMILES string of the molecule is N#Cc1ccc(Cn2cncc2CN2Cc3ccccc3C[C@H]2C(=O)NCc2cccc(Cl)c2)cc1. The molecule has 36 heavy (non-hydrogen) atoms. The number of hydrogen-bond donors (Lipinski definition) is 1. The fourth-order valence-corrected chi connectivity index (χ4v) is 4.88. The summed E-state index contributed by atoms with van der Waals surface area (Å²) in [5.74, 6) is 0.00244. The van der Waals surface area contributed by atoms with Crippen LogP contribution in [-0.4, -0.2) is 26.4 Å². The first-order valence-electron chi connectivity index (χ1n) is 11.9. The Morgan fingerprint density at radius 1 is 1.03 bits per heavy atom. The van der Waals surface area contributed by atoms with Gasteiger partial charge in [0.1, 0.15) is 0 Å². The minimum Gasteiger partial charge on any atom is -0.351 e. The summed E-state index contributed by atoms with van der Waals surface area (Å²) in [5, 5.41) is 12.8. The fourth-order valence-electron chi connectivity index (χ4n) is 4.67. The third-order valence-corrected chi connectivity index (χ3v) is 6.84. The normalized spacial score (nSPS) is 15.2. The van der Waals surface area contributed by atoms with Crippen molar-refractivity contribution < 1.29 is 4.79 Å². The van der Waals surface area contributed by atoms with E-state index in [4.69, 9.17) is 16.9 Å². The number of halogens is 1. The first-order valence-corrected chi connectivity index (χ1v) is 12.3. The Kier molecular flexibility index (Phi) is 7.13. The van der Waals surface area contributed by atoms with Crippen molar-refractivity contribution in [1.82, 2.24) is 19.8 Å². The van der Waals surface area contributed by atoms with Gasteiger partial charge in [-0.3, -0.25) is 9.69 Å². The summed E-state index contributed by atoms with van der Waals surface area (Å²) >= 11 is 6.11. The Bertz CT molecular complexity index is 1410. The van der Waals surface area contributed by atoms with Crippen LogP contribution in [0, 0.1) is 11.3 Å². The molecule has 0 spiro atoms. The van der Waals surface area contributed by atoms with E-state index in [1.807, 2.05) is 73.2 Å². The summed E-state index contributed by atoms with van der Waals surface area (Å²) in [4.78, 5) is 20.0. The van der Waals surface area contributed by atoms with Crippen molar-refractivity contribution in [1.29, 1.82) is 5.26 Å². The van der Waals surface area contributed by atoms with Gasteiger partial charge in [0.2, 0.25) is 5.91 Å². The lowest BCUT2D eigenvalue weighted by Crippen LogP contribution is -2.49. The highest BCUT2D eigenvalue weighted by molar-refractivity contribution is 6.30. The second-order valence-electron chi connectivity index (χ2n) is 9.06. The van der Waals surface area contributed by atoms with E-state index in [2.05, 4.69) is 38.0 Å².